The van der Waals surface area contributed by atoms with Crippen molar-refractivity contribution in [1.29, 1.82) is 0 Å². The maximum absolute atomic E-state index is 13.5. The summed E-state index contributed by atoms with van der Waals surface area (Å²) in [5, 5.41) is 0.626. The highest BCUT2D eigenvalue weighted by molar-refractivity contribution is 7.91. The molecule has 7 nitrogen and oxygen atoms in total. The van der Waals surface area contributed by atoms with Crippen LogP contribution in [0.2, 0.25) is 5.02 Å². The van der Waals surface area contributed by atoms with Gasteiger partial charge in [0.05, 0.1) is 18.1 Å². The first kappa shape index (κ1) is 21.9. The summed E-state index contributed by atoms with van der Waals surface area (Å²) in [5.74, 6) is 1.91. The third-order valence-corrected chi connectivity index (χ3v) is 7.84. The summed E-state index contributed by atoms with van der Waals surface area (Å²) >= 11 is 5.96. The molecule has 5 rings (SSSR count). The molecular formula is C24H22ClNO6S. The molecule has 2 aliphatic heterocycles. The fourth-order valence-corrected chi connectivity index (χ4v) is 5.99. The number of hydrogen-bond donors (Lipinski definition) is 0. The van der Waals surface area contributed by atoms with Gasteiger partial charge in [-0.25, -0.2) is 8.42 Å². The molecule has 0 N–H and O–H groups in total. The number of carbonyl (C=O) groups is 1. The molecule has 1 saturated heterocycles. The van der Waals surface area contributed by atoms with Gasteiger partial charge in [0.1, 0.15) is 18.1 Å². The lowest BCUT2D eigenvalue weighted by Crippen LogP contribution is -2.50. The van der Waals surface area contributed by atoms with Crippen molar-refractivity contribution in [3.63, 3.8) is 0 Å². The van der Waals surface area contributed by atoms with Gasteiger partial charge in [-0.05, 0) is 55.0 Å². The zero-order valence-corrected chi connectivity index (χ0v) is 19.2. The summed E-state index contributed by atoms with van der Waals surface area (Å²) in [5.41, 5.74) is 0.854. The number of furan rings is 1. The minimum absolute atomic E-state index is 0.0556. The van der Waals surface area contributed by atoms with Crippen molar-refractivity contribution >= 4 is 27.3 Å². The highest BCUT2D eigenvalue weighted by Crippen LogP contribution is 2.32. The standard InChI is InChI=1S/C24H22ClNO6S/c25-17-7-5-16(6-8-17)20-10-9-19(31-20)13-26(18-11-12-33(28,29)15-18)24(27)23-14-30-21-3-1-2-4-22(21)32-23/h1-10,18,23H,11-15H2/t18-,23-/m1/s1. The van der Waals surface area contributed by atoms with E-state index in [1.807, 2.05) is 24.3 Å². The van der Waals surface area contributed by atoms with Gasteiger partial charge in [0.2, 0.25) is 6.10 Å². The molecule has 2 atom stereocenters. The van der Waals surface area contributed by atoms with E-state index in [4.69, 9.17) is 25.5 Å². The van der Waals surface area contributed by atoms with E-state index >= 15 is 0 Å². The zero-order chi connectivity index (χ0) is 23.0. The normalized spacial score (nSPS) is 21.0. The van der Waals surface area contributed by atoms with Crippen molar-refractivity contribution in [3.05, 3.63) is 71.4 Å². The molecule has 3 aromatic rings. The molecule has 0 radical (unpaired) electrons. The lowest BCUT2D eigenvalue weighted by Gasteiger charge is -2.33. The van der Waals surface area contributed by atoms with E-state index in [-0.39, 0.29) is 30.6 Å². The minimum atomic E-state index is -3.20. The van der Waals surface area contributed by atoms with Gasteiger partial charge in [-0.1, -0.05) is 23.7 Å². The Kier molecular flexibility index (Phi) is 5.80. The Bertz CT molecular complexity index is 1270. The maximum atomic E-state index is 13.5. The second-order valence-electron chi connectivity index (χ2n) is 8.16. The molecule has 2 aliphatic rings. The Morgan fingerprint density at radius 2 is 1.79 bits per heavy atom. The Hall–Kier alpha value is -2.97. The summed E-state index contributed by atoms with van der Waals surface area (Å²) < 4.78 is 41.9. The predicted molar refractivity (Wildman–Crippen MR) is 123 cm³/mol. The smallest absolute Gasteiger partial charge is 0.267 e. The molecule has 0 saturated carbocycles. The molecule has 0 aliphatic carbocycles. The second kappa shape index (κ2) is 8.76. The van der Waals surface area contributed by atoms with Gasteiger partial charge in [0.25, 0.3) is 5.91 Å². The van der Waals surface area contributed by atoms with Crippen LogP contribution in [0, 0.1) is 0 Å². The van der Waals surface area contributed by atoms with Crippen LogP contribution in [-0.4, -0.2) is 49.5 Å². The Morgan fingerprint density at radius 1 is 1.03 bits per heavy atom. The van der Waals surface area contributed by atoms with Crippen LogP contribution < -0.4 is 9.47 Å². The zero-order valence-electron chi connectivity index (χ0n) is 17.6. The second-order valence-corrected chi connectivity index (χ2v) is 10.8. The van der Waals surface area contributed by atoms with Gasteiger partial charge in [0.15, 0.2) is 21.3 Å². The average molecular weight is 488 g/mol. The molecule has 9 heteroatoms. The molecule has 1 aromatic heterocycles. The third-order valence-electron chi connectivity index (χ3n) is 5.83. The number of amides is 1. The van der Waals surface area contributed by atoms with Gasteiger partial charge < -0.3 is 18.8 Å². The first-order valence-electron chi connectivity index (χ1n) is 10.6. The van der Waals surface area contributed by atoms with Crippen molar-refractivity contribution in [2.45, 2.75) is 25.1 Å². The van der Waals surface area contributed by atoms with Crippen LogP contribution in [0.1, 0.15) is 12.2 Å². The number of sulfone groups is 1. The number of halogens is 1. The van der Waals surface area contributed by atoms with E-state index in [1.165, 1.54) is 0 Å². The van der Waals surface area contributed by atoms with Crippen LogP contribution >= 0.6 is 11.6 Å². The Balaban J connectivity index is 1.39. The van der Waals surface area contributed by atoms with Gasteiger partial charge in [-0.3, -0.25) is 4.79 Å². The molecule has 1 fully saturated rings. The van der Waals surface area contributed by atoms with Crippen molar-refractivity contribution in [2.75, 3.05) is 18.1 Å². The quantitative estimate of drug-likeness (QED) is 0.541. The van der Waals surface area contributed by atoms with Gasteiger partial charge >= 0.3 is 0 Å². The van der Waals surface area contributed by atoms with Crippen molar-refractivity contribution in [1.82, 2.24) is 4.90 Å². The maximum Gasteiger partial charge on any atom is 0.267 e. The first-order valence-corrected chi connectivity index (χ1v) is 12.8. The largest absolute Gasteiger partial charge is 0.485 e. The average Bonchev–Trinajstić information content (AvgIpc) is 3.43. The van der Waals surface area contributed by atoms with Crippen molar-refractivity contribution in [3.8, 4) is 22.8 Å². The number of rotatable bonds is 5. The fourth-order valence-electron chi connectivity index (χ4n) is 4.13. The highest BCUT2D eigenvalue weighted by Gasteiger charge is 2.39. The minimum Gasteiger partial charge on any atom is -0.485 e. The molecule has 0 bridgehead atoms. The molecule has 172 valence electrons. The topological polar surface area (TPSA) is 86.1 Å². The van der Waals surface area contributed by atoms with E-state index in [9.17, 15) is 13.2 Å². The van der Waals surface area contributed by atoms with E-state index < -0.39 is 22.0 Å². The first-order chi connectivity index (χ1) is 15.9. The van der Waals surface area contributed by atoms with Crippen molar-refractivity contribution in [2.24, 2.45) is 0 Å². The lowest BCUT2D eigenvalue weighted by atomic mass is 10.1. The Morgan fingerprint density at radius 3 is 2.52 bits per heavy atom. The molecular weight excluding hydrogens is 466 g/mol. The van der Waals surface area contributed by atoms with Crippen LogP contribution in [0.3, 0.4) is 0 Å². The summed E-state index contributed by atoms with van der Waals surface area (Å²) in [6, 6.07) is 17.6. The van der Waals surface area contributed by atoms with Crippen LogP contribution in [0.15, 0.2) is 65.1 Å². The third kappa shape index (κ3) is 4.72. The van der Waals surface area contributed by atoms with Crippen LogP contribution in [0.5, 0.6) is 11.5 Å². The van der Waals surface area contributed by atoms with Gasteiger partial charge in [-0.2, -0.15) is 0 Å². The van der Waals surface area contributed by atoms with Crippen LogP contribution in [-0.2, 0) is 21.2 Å². The van der Waals surface area contributed by atoms with Gasteiger partial charge in [-0.15, -0.1) is 0 Å². The number of nitrogens with zero attached hydrogens (tertiary/aromatic N) is 1. The number of hydrogen-bond acceptors (Lipinski definition) is 6. The number of para-hydroxylation sites is 2. The number of ether oxygens (including phenoxy) is 2. The molecule has 0 unspecified atom stereocenters. The fraction of sp³-hybridized carbons (Fsp3) is 0.292. The van der Waals surface area contributed by atoms with E-state index in [1.54, 1.807) is 41.3 Å². The molecule has 2 aromatic carbocycles. The van der Waals surface area contributed by atoms with Gasteiger partial charge in [0, 0.05) is 16.6 Å². The van der Waals surface area contributed by atoms with Crippen molar-refractivity contribution < 1.29 is 27.1 Å². The predicted octanol–water partition coefficient (Wildman–Crippen LogP) is 3.96. The van der Waals surface area contributed by atoms with E-state index in [0.717, 1.165) is 5.56 Å². The monoisotopic (exact) mass is 487 g/mol. The summed E-state index contributed by atoms with van der Waals surface area (Å²) in [7, 11) is -3.20. The molecule has 33 heavy (non-hydrogen) atoms. The highest BCUT2D eigenvalue weighted by atomic mass is 35.5. The number of fused-ring (bicyclic) bond motifs is 1. The molecule has 1 amide bonds. The summed E-state index contributed by atoms with van der Waals surface area (Å²) in [6.07, 6.45) is -0.489. The van der Waals surface area contributed by atoms with E-state index in [2.05, 4.69) is 0 Å². The van der Waals surface area contributed by atoms with Crippen LogP contribution in [0.4, 0.5) is 0 Å². The van der Waals surface area contributed by atoms with Crippen LogP contribution in [0.25, 0.3) is 11.3 Å². The number of carbonyl (C=O) groups excluding carboxylic acids is 1. The number of benzene rings is 2. The summed E-state index contributed by atoms with van der Waals surface area (Å²) in [6.45, 7) is 0.189. The summed E-state index contributed by atoms with van der Waals surface area (Å²) in [4.78, 5) is 15.0. The van der Waals surface area contributed by atoms with E-state index in [0.29, 0.717) is 34.5 Å². The molecule has 0 spiro atoms. The Labute approximate surface area is 196 Å². The lowest BCUT2D eigenvalue weighted by molar-refractivity contribution is -0.144. The molecule has 3 heterocycles. The SMILES string of the molecule is O=C([C@H]1COc2ccccc2O1)N(Cc1ccc(-c2ccc(Cl)cc2)o1)[C@@H]1CCS(=O)(=O)C1.